The number of aromatic carboxylic acids is 1. The van der Waals surface area contributed by atoms with Crippen molar-refractivity contribution in [2.45, 2.75) is 6.43 Å². The molecular weight excluding hydrogens is 283 g/mol. The van der Waals surface area contributed by atoms with Crippen LogP contribution >= 0.6 is 27.5 Å². The largest absolute Gasteiger partial charge is 0.478 e. The summed E-state index contributed by atoms with van der Waals surface area (Å²) in [5.41, 5.74) is -1.33. The smallest absolute Gasteiger partial charge is 0.339 e. The lowest BCUT2D eigenvalue weighted by molar-refractivity contribution is 0.0684. The Morgan fingerprint density at radius 1 is 1.64 bits per heavy atom. The van der Waals surface area contributed by atoms with Gasteiger partial charge in [0, 0.05) is 10.7 Å². The van der Waals surface area contributed by atoms with Crippen LogP contribution in [0.5, 0.6) is 0 Å². The first kappa shape index (κ1) is 11.3. The minimum atomic E-state index is -2.92. The molecular formula is C7H3BrClF2NO2. The van der Waals surface area contributed by atoms with Gasteiger partial charge in [-0.15, -0.1) is 0 Å². The second kappa shape index (κ2) is 4.18. The number of hydrogen-bond donors (Lipinski definition) is 1. The van der Waals surface area contributed by atoms with Crippen molar-refractivity contribution < 1.29 is 18.7 Å². The molecule has 1 aromatic heterocycles. The summed E-state index contributed by atoms with van der Waals surface area (Å²) in [5.74, 6) is -1.53. The van der Waals surface area contributed by atoms with E-state index in [1.165, 1.54) is 0 Å². The molecule has 0 aliphatic rings. The van der Waals surface area contributed by atoms with Crippen LogP contribution in [0.25, 0.3) is 0 Å². The third-order valence-corrected chi connectivity index (χ3v) is 2.37. The van der Waals surface area contributed by atoms with Gasteiger partial charge in [-0.3, -0.25) is 0 Å². The van der Waals surface area contributed by atoms with Gasteiger partial charge in [0.25, 0.3) is 6.43 Å². The second-order valence-electron chi connectivity index (χ2n) is 2.29. The first-order valence-corrected chi connectivity index (χ1v) is 4.47. The van der Waals surface area contributed by atoms with Gasteiger partial charge in [-0.25, -0.2) is 18.6 Å². The number of alkyl halides is 2. The van der Waals surface area contributed by atoms with Crippen LogP contribution in [0.2, 0.25) is 5.15 Å². The minimum Gasteiger partial charge on any atom is -0.478 e. The number of aromatic nitrogens is 1. The van der Waals surface area contributed by atoms with E-state index in [-0.39, 0.29) is 4.47 Å². The number of carboxylic acid groups (broad SMARTS) is 1. The maximum atomic E-state index is 12.4. The van der Waals surface area contributed by atoms with Crippen LogP contribution < -0.4 is 0 Å². The zero-order valence-corrected chi connectivity index (χ0v) is 8.81. The second-order valence-corrected chi connectivity index (χ2v) is 3.50. The van der Waals surface area contributed by atoms with E-state index >= 15 is 0 Å². The average molecular weight is 286 g/mol. The summed E-state index contributed by atoms with van der Waals surface area (Å²) in [6, 6.07) is 0. The highest BCUT2D eigenvalue weighted by molar-refractivity contribution is 9.10. The van der Waals surface area contributed by atoms with Gasteiger partial charge in [0.1, 0.15) is 10.7 Å². The van der Waals surface area contributed by atoms with Crippen molar-refractivity contribution in [1.82, 2.24) is 4.98 Å². The van der Waals surface area contributed by atoms with Crippen molar-refractivity contribution in [2.75, 3.05) is 0 Å². The lowest BCUT2D eigenvalue weighted by Gasteiger charge is -2.07. The molecule has 0 atom stereocenters. The first-order valence-electron chi connectivity index (χ1n) is 3.30. The first-order chi connectivity index (χ1) is 6.45. The standard InChI is InChI=1S/C7H3BrClF2NO2/c8-2-1-12-5(9)4(7(13)14)3(2)6(10)11/h1,6H,(H,13,14). The fraction of sp³-hybridized carbons (Fsp3) is 0.143. The van der Waals surface area contributed by atoms with Crippen molar-refractivity contribution in [1.29, 1.82) is 0 Å². The molecule has 76 valence electrons. The fourth-order valence-corrected chi connectivity index (χ4v) is 1.60. The fourth-order valence-electron chi connectivity index (χ4n) is 0.895. The molecule has 1 aromatic rings. The lowest BCUT2D eigenvalue weighted by atomic mass is 10.1. The van der Waals surface area contributed by atoms with Gasteiger partial charge < -0.3 is 5.11 Å². The summed E-state index contributed by atoms with van der Waals surface area (Å²) in [4.78, 5) is 14.1. The summed E-state index contributed by atoms with van der Waals surface area (Å²) in [5, 5.41) is 8.19. The van der Waals surface area contributed by atoms with Gasteiger partial charge in [-0.1, -0.05) is 11.6 Å². The predicted molar refractivity (Wildman–Crippen MR) is 48.9 cm³/mol. The Hall–Kier alpha value is -0.750. The zero-order valence-electron chi connectivity index (χ0n) is 6.47. The van der Waals surface area contributed by atoms with Crippen molar-refractivity contribution in [3.8, 4) is 0 Å². The molecule has 1 rings (SSSR count). The summed E-state index contributed by atoms with van der Waals surface area (Å²) in [6.07, 6.45) is -1.88. The molecule has 14 heavy (non-hydrogen) atoms. The number of nitrogens with zero attached hydrogens (tertiary/aromatic N) is 1. The van der Waals surface area contributed by atoms with Gasteiger partial charge in [-0.2, -0.15) is 0 Å². The Kier molecular flexibility index (Phi) is 3.38. The van der Waals surface area contributed by atoms with Gasteiger partial charge in [0.15, 0.2) is 0 Å². The Labute approximate surface area is 90.8 Å². The Bertz CT molecular complexity index is 386. The molecule has 0 saturated heterocycles. The number of pyridine rings is 1. The van der Waals surface area contributed by atoms with E-state index in [2.05, 4.69) is 20.9 Å². The van der Waals surface area contributed by atoms with Gasteiger partial charge >= 0.3 is 5.97 Å². The number of hydrogen-bond acceptors (Lipinski definition) is 2. The van der Waals surface area contributed by atoms with E-state index in [4.69, 9.17) is 16.7 Å². The molecule has 0 aromatic carbocycles. The van der Waals surface area contributed by atoms with Crippen molar-refractivity contribution in [2.24, 2.45) is 0 Å². The molecule has 7 heteroatoms. The third kappa shape index (κ3) is 2.01. The summed E-state index contributed by atoms with van der Waals surface area (Å²) < 4.78 is 24.8. The van der Waals surface area contributed by atoms with Crippen LogP contribution in [0.3, 0.4) is 0 Å². The molecule has 0 fully saturated rings. The van der Waals surface area contributed by atoms with Gasteiger partial charge in [-0.05, 0) is 15.9 Å². The molecule has 1 heterocycles. The van der Waals surface area contributed by atoms with Crippen molar-refractivity contribution >= 4 is 33.5 Å². The molecule has 1 N–H and O–H groups in total. The average Bonchev–Trinajstić information content (AvgIpc) is 2.07. The summed E-state index contributed by atoms with van der Waals surface area (Å²) >= 11 is 8.18. The maximum Gasteiger partial charge on any atom is 0.339 e. The van der Waals surface area contributed by atoms with Crippen molar-refractivity contribution in [3.05, 3.63) is 26.9 Å². The van der Waals surface area contributed by atoms with Crippen LogP contribution in [0.4, 0.5) is 8.78 Å². The molecule has 0 amide bonds. The van der Waals surface area contributed by atoms with Crippen molar-refractivity contribution in [3.63, 3.8) is 0 Å². The third-order valence-electron chi connectivity index (χ3n) is 1.46. The zero-order chi connectivity index (χ0) is 10.9. The molecule has 0 unspecified atom stereocenters. The number of rotatable bonds is 2. The van der Waals surface area contributed by atoms with E-state index < -0.39 is 28.7 Å². The van der Waals surface area contributed by atoms with E-state index in [0.717, 1.165) is 6.20 Å². The molecule has 0 radical (unpaired) electrons. The normalized spacial score (nSPS) is 10.6. The highest BCUT2D eigenvalue weighted by atomic mass is 79.9. The predicted octanol–water partition coefficient (Wildman–Crippen LogP) is 3.13. The molecule has 0 aliphatic carbocycles. The van der Waals surface area contributed by atoms with Gasteiger partial charge in [0.05, 0.1) is 5.56 Å². The van der Waals surface area contributed by atoms with E-state index in [1.54, 1.807) is 0 Å². The summed E-state index contributed by atoms with van der Waals surface area (Å²) in [6.45, 7) is 0. The highest BCUT2D eigenvalue weighted by Crippen LogP contribution is 2.33. The minimum absolute atomic E-state index is 0.0747. The SMILES string of the molecule is O=C(O)c1c(Cl)ncc(Br)c1C(F)F. The van der Waals surface area contributed by atoms with Crippen LogP contribution in [-0.4, -0.2) is 16.1 Å². The van der Waals surface area contributed by atoms with Crippen LogP contribution in [-0.2, 0) is 0 Å². The molecule has 0 saturated carbocycles. The Morgan fingerprint density at radius 3 is 2.57 bits per heavy atom. The van der Waals surface area contributed by atoms with Crippen LogP contribution in [0.1, 0.15) is 22.3 Å². The van der Waals surface area contributed by atoms with E-state index in [9.17, 15) is 13.6 Å². The lowest BCUT2D eigenvalue weighted by Crippen LogP contribution is -2.06. The van der Waals surface area contributed by atoms with Gasteiger partial charge in [0.2, 0.25) is 0 Å². The number of carbonyl (C=O) groups is 1. The molecule has 0 bridgehead atoms. The van der Waals surface area contributed by atoms with E-state index in [1.807, 2.05) is 0 Å². The van der Waals surface area contributed by atoms with E-state index in [0.29, 0.717) is 0 Å². The quantitative estimate of drug-likeness (QED) is 0.850. The highest BCUT2D eigenvalue weighted by Gasteiger charge is 2.24. The molecule has 0 spiro atoms. The molecule has 3 nitrogen and oxygen atoms in total. The summed E-state index contributed by atoms with van der Waals surface area (Å²) in [7, 11) is 0. The number of carboxylic acids is 1. The Balaban J connectivity index is 3.50. The monoisotopic (exact) mass is 285 g/mol. The Morgan fingerprint density at radius 2 is 2.21 bits per heavy atom. The maximum absolute atomic E-state index is 12.4. The van der Waals surface area contributed by atoms with Crippen LogP contribution in [0, 0.1) is 0 Å². The number of halogens is 4. The topological polar surface area (TPSA) is 50.2 Å². The molecule has 0 aliphatic heterocycles. The van der Waals surface area contributed by atoms with Crippen LogP contribution in [0.15, 0.2) is 10.7 Å².